The molecule has 0 spiro atoms. The molecule has 0 radical (unpaired) electrons. The van der Waals surface area contributed by atoms with E-state index in [0.717, 1.165) is 24.8 Å². The molecule has 0 bridgehead atoms. The Morgan fingerprint density at radius 1 is 1.43 bits per heavy atom. The van der Waals surface area contributed by atoms with Crippen LogP contribution in [0, 0.1) is 11.3 Å². The number of rotatable bonds is 2. The Morgan fingerprint density at radius 3 is 3.00 bits per heavy atom. The molecule has 1 aromatic heterocycles. The van der Waals surface area contributed by atoms with Gasteiger partial charge in [0.05, 0.1) is 21.8 Å². The van der Waals surface area contributed by atoms with Crippen LogP contribution in [0.3, 0.4) is 0 Å². The van der Waals surface area contributed by atoms with Gasteiger partial charge in [0.2, 0.25) is 0 Å². The number of fused-ring (bicyclic) bond motifs is 1. The lowest BCUT2D eigenvalue weighted by molar-refractivity contribution is 0.102. The SMILES string of the molecule is N#Cc1c(NC(=O)c2cccc(N)c2Cl)sc2c1CCC2. The number of hydrogen-bond acceptors (Lipinski definition) is 4. The van der Waals surface area contributed by atoms with Gasteiger partial charge < -0.3 is 11.1 Å². The van der Waals surface area contributed by atoms with Gasteiger partial charge in [0.15, 0.2) is 0 Å². The second kappa shape index (κ2) is 5.40. The molecule has 1 aliphatic rings. The highest BCUT2D eigenvalue weighted by atomic mass is 35.5. The number of anilines is 2. The Morgan fingerprint density at radius 2 is 2.24 bits per heavy atom. The number of aryl methyl sites for hydroxylation is 1. The van der Waals surface area contributed by atoms with Crippen molar-refractivity contribution in [2.75, 3.05) is 11.1 Å². The van der Waals surface area contributed by atoms with Crippen molar-refractivity contribution >= 4 is 39.5 Å². The van der Waals surface area contributed by atoms with Crippen LogP contribution in [-0.4, -0.2) is 5.91 Å². The molecule has 106 valence electrons. The van der Waals surface area contributed by atoms with Crippen molar-refractivity contribution in [1.29, 1.82) is 5.26 Å². The van der Waals surface area contributed by atoms with E-state index in [9.17, 15) is 10.1 Å². The number of thiophene rings is 1. The van der Waals surface area contributed by atoms with Crippen LogP contribution >= 0.6 is 22.9 Å². The summed E-state index contributed by atoms with van der Waals surface area (Å²) in [4.78, 5) is 13.5. The molecule has 21 heavy (non-hydrogen) atoms. The quantitative estimate of drug-likeness (QED) is 0.831. The molecule has 0 saturated carbocycles. The van der Waals surface area contributed by atoms with Crippen molar-refractivity contribution in [2.45, 2.75) is 19.3 Å². The molecule has 0 aliphatic heterocycles. The van der Waals surface area contributed by atoms with Gasteiger partial charge >= 0.3 is 0 Å². The molecule has 0 fully saturated rings. The van der Waals surface area contributed by atoms with Crippen LogP contribution in [0.5, 0.6) is 0 Å². The van der Waals surface area contributed by atoms with Crippen LogP contribution < -0.4 is 11.1 Å². The lowest BCUT2D eigenvalue weighted by Crippen LogP contribution is -2.13. The van der Waals surface area contributed by atoms with Gasteiger partial charge in [0, 0.05) is 4.88 Å². The normalized spacial score (nSPS) is 12.8. The summed E-state index contributed by atoms with van der Waals surface area (Å²) in [6.07, 6.45) is 2.96. The van der Waals surface area contributed by atoms with E-state index >= 15 is 0 Å². The van der Waals surface area contributed by atoms with Gasteiger partial charge in [-0.2, -0.15) is 5.26 Å². The first-order valence-electron chi connectivity index (χ1n) is 6.51. The molecule has 1 heterocycles. The van der Waals surface area contributed by atoms with E-state index < -0.39 is 0 Å². The zero-order valence-corrected chi connectivity index (χ0v) is 12.6. The van der Waals surface area contributed by atoms with Crippen molar-refractivity contribution in [2.24, 2.45) is 0 Å². The zero-order valence-electron chi connectivity index (χ0n) is 11.1. The van der Waals surface area contributed by atoms with Crippen LogP contribution in [0.25, 0.3) is 0 Å². The lowest BCUT2D eigenvalue weighted by atomic mass is 10.1. The summed E-state index contributed by atoms with van der Waals surface area (Å²) in [5, 5.41) is 12.9. The van der Waals surface area contributed by atoms with E-state index in [1.807, 2.05) is 0 Å². The van der Waals surface area contributed by atoms with E-state index in [1.165, 1.54) is 16.2 Å². The van der Waals surface area contributed by atoms with Gasteiger partial charge in [-0.05, 0) is 37.0 Å². The lowest BCUT2D eigenvalue weighted by Gasteiger charge is -2.07. The molecule has 1 aliphatic carbocycles. The number of nitrogens with two attached hydrogens (primary N) is 1. The predicted octanol–water partition coefficient (Wildman–Crippen LogP) is 3.60. The number of nitrogens with one attached hydrogen (secondary N) is 1. The smallest absolute Gasteiger partial charge is 0.257 e. The first-order chi connectivity index (χ1) is 10.1. The fourth-order valence-electron chi connectivity index (χ4n) is 2.51. The fourth-order valence-corrected chi connectivity index (χ4v) is 3.95. The fraction of sp³-hybridized carbons (Fsp3) is 0.200. The van der Waals surface area contributed by atoms with E-state index in [4.69, 9.17) is 17.3 Å². The van der Waals surface area contributed by atoms with E-state index in [1.54, 1.807) is 18.2 Å². The number of amides is 1. The Labute approximate surface area is 131 Å². The number of halogens is 1. The first-order valence-corrected chi connectivity index (χ1v) is 7.71. The second-order valence-electron chi connectivity index (χ2n) is 4.84. The number of benzene rings is 1. The number of carbonyl (C=O) groups is 1. The summed E-state index contributed by atoms with van der Waals surface area (Å²) in [5.41, 5.74) is 8.04. The molecule has 0 unspecified atom stereocenters. The minimum atomic E-state index is -0.344. The Bertz CT molecular complexity index is 776. The predicted molar refractivity (Wildman–Crippen MR) is 84.9 cm³/mol. The highest BCUT2D eigenvalue weighted by molar-refractivity contribution is 7.16. The molecular weight excluding hydrogens is 306 g/mol. The van der Waals surface area contributed by atoms with Crippen LogP contribution in [-0.2, 0) is 12.8 Å². The Kier molecular flexibility index (Phi) is 3.58. The molecule has 3 rings (SSSR count). The van der Waals surface area contributed by atoms with Crippen molar-refractivity contribution in [3.8, 4) is 6.07 Å². The molecular formula is C15H12ClN3OS. The van der Waals surface area contributed by atoms with Gasteiger partial charge in [-0.1, -0.05) is 17.7 Å². The molecule has 6 heteroatoms. The summed E-state index contributed by atoms with van der Waals surface area (Å²) < 4.78 is 0. The molecule has 2 aromatic rings. The van der Waals surface area contributed by atoms with Gasteiger partial charge in [-0.25, -0.2) is 0 Å². The standard InChI is InChI=1S/C15H12ClN3OS/c16-13-9(4-1-5-11(13)18)14(20)19-15-10(7-17)8-3-2-6-12(8)21-15/h1,4-5H,2-3,6,18H2,(H,19,20). The van der Waals surface area contributed by atoms with Crippen LogP contribution in [0.15, 0.2) is 18.2 Å². The van der Waals surface area contributed by atoms with Crippen molar-refractivity contribution in [3.05, 3.63) is 44.8 Å². The van der Waals surface area contributed by atoms with Gasteiger partial charge in [-0.3, -0.25) is 4.79 Å². The molecule has 4 nitrogen and oxygen atoms in total. The minimum absolute atomic E-state index is 0.234. The maximum Gasteiger partial charge on any atom is 0.257 e. The first kappa shape index (κ1) is 13.9. The average Bonchev–Trinajstić information content (AvgIpc) is 3.02. The highest BCUT2D eigenvalue weighted by Gasteiger charge is 2.23. The van der Waals surface area contributed by atoms with Gasteiger partial charge in [0.1, 0.15) is 11.1 Å². The molecule has 0 atom stereocenters. The minimum Gasteiger partial charge on any atom is -0.398 e. The second-order valence-corrected chi connectivity index (χ2v) is 6.32. The number of nitrogen functional groups attached to an aromatic ring is 1. The van der Waals surface area contributed by atoms with E-state index in [-0.39, 0.29) is 10.9 Å². The average molecular weight is 318 g/mol. The number of carbonyl (C=O) groups excluding carboxylic acids is 1. The Balaban J connectivity index is 1.93. The highest BCUT2D eigenvalue weighted by Crippen LogP contribution is 2.39. The third kappa shape index (κ3) is 2.37. The topological polar surface area (TPSA) is 78.9 Å². The molecule has 1 aromatic carbocycles. The maximum absolute atomic E-state index is 12.3. The van der Waals surface area contributed by atoms with Crippen LogP contribution in [0.4, 0.5) is 10.7 Å². The number of nitrogens with zero attached hydrogens (tertiary/aromatic N) is 1. The van der Waals surface area contributed by atoms with Gasteiger partial charge in [-0.15, -0.1) is 11.3 Å². The monoisotopic (exact) mass is 317 g/mol. The van der Waals surface area contributed by atoms with Crippen LogP contribution in [0.1, 0.15) is 32.8 Å². The van der Waals surface area contributed by atoms with E-state index in [2.05, 4.69) is 11.4 Å². The molecule has 3 N–H and O–H groups in total. The number of nitriles is 1. The molecule has 1 amide bonds. The third-order valence-electron chi connectivity index (χ3n) is 3.53. The number of hydrogen-bond donors (Lipinski definition) is 2. The summed E-state index contributed by atoms with van der Waals surface area (Å²) >= 11 is 7.53. The summed E-state index contributed by atoms with van der Waals surface area (Å²) in [6.45, 7) is 0. The maximum atomic E-state index is 12.3. The van der Waals surface area contributed by atoms with Gasteiger partial charge in [0.25, 0.3) is 5.91 Å². The van der Waals surface area contributed by atoms with Crippen molar-refractivity contribution < 1.29 is 4.79 Å². The largest absolute Gasteiger partial charge is 0.398 e. The summed E-state index contributed by atoms with van der Waals surface area (Å²) in [6, 6.07) is 7.12. The third-order valence-corrected chi connectivity index (χ3v) is 5.16. The summed E-state index contributed by atoms with van der Waals surface area (Å²) in [7, 11) is 0. The van der Waals surface area contributed by atoms with Crippen molar-refractivity contribution in [1.82, 2.24) is 0 Å². The van der Waals surface area contributed by atoms with E-state index in [0.29, 0.717) is 21.8 Å². The Hall–Kier alpha value is -2.03. The van der Waals surface area contributed by atoms with Crippen LogP contribution in [0.2, 0.25) is 5.02 Å². The molecule has 0 saturated heterocycles. The zero-order chi connectivity index (χ0) is 15.0. The summed E-state index contributed by atoms with van der Waals surface area (Å²) in [5.74, 6) is -0.344. The van der Waals surface area contributed by atoms with Crippen molar-refractivity contribution in [3.63, 3.8) is 0 Å².